The summed E-state index contributed by atoms with van der Waals surface area (Å²) in [7, 11) is 1.63. The van der Waals surface area contributed by atoms with Crippen molar-refractivity contribution < 1.29 is 14.3 Å². The van der Waals surface area contributed by atoms with Gasteiger partial charge in [0.2, 0.25) is 0 Å². The van der Waals surface area contributed by atoms with E-state index in [9.17, 15) is 9.59 Å². The molecule has 0 spiro atoms. The lowest BCUT2D eigenvalue weighted by Crippen LogP contribution is -2.44. The SMILES string of the molecule is CCCCN1C(=O)[C@H]2Cc3c([nH]c4ccccc34)[C@@H](c3ccc(O[11CH3])cc3)N2C1=O. The molecule has 0 saturated carbocycles. The zero-order chi connectivity index (χ0) is 20.8. The number of methoxy groups -OCH3 is 1. The van der Waals surface area contributed by atoms with Gasteiger partial charge < -0.3 is 9.72 Å². The second kappa shape index (κ2) is 7.20. The van der Waals surface area contributed by atoms with Gasteiger partial charge in [0.1, 0.15) is 17.8 Å². The maximum atomic E-state index is 13.4. The third kappa shape index (κ3) is 2.70. The topological polar surface area (TPSA) is 65.6 Å². The highest BCUT2D eigenvalue weighted by Crippen LogP contribution is 2.44. The maximum Gasteiger partial charge on any atom is 0.328 e. The standard InChI is InChI=1S/C24H25N3O3/c1-3-4-13-26-23(28)20-14-18-17-7-5-6-8-19(17)25-21(18)22(27(20)24(26)29)15-9-11-16(30-2)12-10-15/h5-12,20,22,25H,3-4,13-14H2,1-2H3/t20-,22-/m1/s1/i2-1. The molecule has 0 aliphatic carbocycles. The van der Waals surface area contributed by atoms with Crippen molar-refractivity contribution in [3.63, 3.8) is 0 Å². The van der Waals surface area contributed by atoms with Crippen LogP contribution in [-0.4, -0.2) is 46.4 Å². The molecule has 1 N–H and O–H groups in total. The van der Waals surface area contributed by atoms with Gasteiger partial charge in [-0.25, -0.2) is 4.79 Å². The zero-order valence-electron chi connectivity index (χ0n) is 17.2. The van der Waals surface area contributed by atoms with Gasteiger partial charge in [0, 0.05) is 29.6 Å². The van der Waals surface area contributed by atoms with E-state index in [0.29, 0.717) is 13.0 Å². The van der Waals surface area contributed by atoms with Crippen LogP contribution in [0.2, 0.25) is 0 Å². The van der Waals surface area contributed by atoms with E-state index in [1.165, 1.54) is 4.90 Å². The quantitative estimate of drug-likeness (QED) is 0.649. The monoisotopic (exact) mass is 402 g/mol. The van der Waals surface area contributed by atoms with Gasteiger partial charge in [0.25, 0.3) is 5.91 Å². The number of carbonyl (C=O) groups is 2. The Bertz CT molecular complexity index is 1120. The Hall–Kier alpha value is -3.28. The molecule has 2 aromatic carbocycles. The number of H-pyrrole nitrogens is 1. The van der Waals surface area contributed by atoms with Gasteiger partial charge in [0.05, 0.1) is 7.11 Å². The van der Waals surface area contributed by atoms with E-state index in [4.69, 9.17) is 4.74 Å². The number of amides is 3. The molecule has 1 aromatic heterocycles. The summed E-state index contributed by atoms with van der Waals surface area (Å²) in [5, 5.41) is 1.12. The number of hydrogen-bond acceptors (Lipinski definition) is 3. The largest absolute Gasteiger partial charge is 0.497 e. The first-order chi connectivity index (χ1) is 14.6. The molecule has 154 valence electrons. The molecule has 6 heteroatoms. The van der Waals surface area contributed by atoms with E-state index in [0.717, 1.165) is 46.3 Å². The van der Waals surface area contributed by atoms with Crippen LogP contribution in [0.5, 0.6) is 5.75 Å². The summed E-state index contributed by atoms with van der Waals surface area (Å²) in [5.74, 6) is 0.680. The maximum absolute atomic E-state index is 13.4. The first-order valence-electron chi connectivity index (χ1n) is 10.5. The van der Waals surface area contributed by atoms with Gasteiger partial charge in [-0.3, -0.25) is 14.6 Å². The number of imide groups is 1. The van der Waals surface area contributed by atoms with Crippen LogP contribution in [0, 0.1) is 0 Å². The van der Waals surface area contributed by atoms with Crippen LogP contribution in [0.15, 0.2) is 48.5 Å². The van der Waals surface area contributed by atoms with Crippen molar-refractivity contribution in [2.75, 3.05) is 13.7 Å². The second-order valence-electron chi connectivity index (χ2n) is 7.99. The van der Waals surface area contributed by atoms with Crippen LogP contribution in [0.1, 0.15) is 42.6 Å². The second-order valence-corrected chi connectivity index (χ2v) is 7.99. The average molecular weight is 402 g/mol. The Morgan fingerprint density at radius 1 is 1.10 bits per heavy atom. The van der Waals surface area contributed by atoms with E-state index in [-0.39, 0.29) is 18.0 Å². The van der Waals surface area contributed by atoms with E-state index in [1.807, 2.05) is 42.5 Å². The van der Waals surface area contributed by atoms with Crippen molar-refractivity contribution in [2.45, 2.75) is 38.3 Å². The third-order valence-electron chi connectivity index (χ3n) is 6.30. The number of hydrogen-bond donors (Lipinski definition) is 1. The molecule has 0 bridgehead atoms. The predicted octanol–water partition coefficient (Wildman–Crippen LogP) is 4.25. The number of carbonyl (C=O) groups excluding carboxylic acids is 2. The fourth-order valence-electron chi connectivity index (χ4n) is 4.78. The number of urea groups is 1. The molecular weight excluding hydrogens is 377 g/mol. The number of fused-ring (bicyclic) bond motifs is 4. The number of rotatable bonds is 5. The normalized spacial score (nSPS) is 20.6. The number of para-hydroxylation sites is 1. The highest BCUT2D eigenvalue weighted by Gasteiger charge is 2.52. The van der Waals surface area contributed by atoms with E-state index < -0.39 is 6.04 Å². The molecule has 30 heavy (non-hydrogen) atoms. The van der Waals surface area contributed by atoms with Crippen LogP contribution in [-0.2, 0) is 11.2 Å². The van der Waals surface area contributed by atoms with Crippen molar-refractivity contribution in [1.29, 1.82) is 0 Å². The number of ether oxygens (including phenoxy) is 1. The van der Waals surface area contributed by atoms with Crippen LogP contribution in [0.4, 0.5) is 4.79 Å². The fraction of sp³-hybridized carbons (Fsp3) is 0.333. The van der Waals surface area contributed by atoms with Crippen molar-refractivity contribution in [2.24, 2.45) is 0 Å². The van der Waals surface area contributed by atoms with E-state index in [1.54, 1.807) is 12.0 Å². The summed E-state index contributed by atoms with van der Waals surface area (Å²) in [6.45, 7) is 2.54. The smallest absolute Gasteiger partial charge is 0.328 e. The number of nitrogens with zero attached hydrogens (tertiary/aromatic N) is 2. The summed E-state index contributed by atoms with van der Waals surface area (Å²) in [6.07, 6.45) is 2.30. The summed E-state index contributed by atoms with van der Waals surface area (Å²) in [4.78, 5) is 33.4. The predicted molar refractivity (Wildman–Crippen MR) is 114 cm³/mol. The van der Waals surface area contributed by atoms with Crippen LogP contribution < -0.4 is 4.74 Å². The molecule has 2 aliphatic heterocycles. The third-order valence-corrected chi connectivity index (χ3v) is 6.30. The van der Waals surface area contributed by atoms with Crippen molar-refractivity contribution >= 4 is 22.8 Å². The molecule has 6 nitrogen and oxygen atoms in total. The average Bonchev–Trinajstić information content (AvgIpc) is 3.26. The van der Waals surface area contributed by atoms with E-state index >= 15 is 0 Å². The molecule has 0 radical (unpaired) electrons. The van der Waals surface area contributed by atoms with Gasteiger partial charge >= 0.3 is 6.03 Å². The van der Waals surface area contributed by atoms with Gasteiger partial charge in [0.15, 0.2) is 0 Å². The van der Waals surface area contributed by atoms with Gasteiger partial charge in [-0.2, -0.15) is 0 Å². The number of aromatic nitrogens is 1. The van der Waals surface area contributed by atoms with Crippen molar-refractivity contribution in [3.05, 3.63) is 65.4 Å². The first-order valence-corrected chi connectivity index (χ1v) is 10.5. The highest BCUT2D eigenvalue weighted by atomic mass is 16.4. The lowest BCUT2D eigenvalue weighted by molar-refractivity contribution is -0.128. The van der Waals surface area contributed by atoms with Gasteiger partial charge in [-0.05, 0) is 35.7 Å². The molecule has 1 saturated heterocycles. The number of unbranched alkanes of at least 4 members (excludes halogenated alkanes) is 1. The summed E-state index contributed by atoms with van der Waals surface area (Å²) < 4.78 is 5.31. The Balaban J connectivity index is 1.66. The Labute approximate surface area is 175 Å². The minimum atomic E-state index is -0.465. The minimum Gasteiger partial charge on any atom is -0.497 e. The molecule has 0 unspecified atom stereocenters. The van der Waals surface area contributed by atoms with Crippen LogP contribution in [0.25, 0.3) is 10.9 Å². The van der Waals surface area contributed by atoms with E-state index in [2.05, 4.69) is 18.0 Å². The number of nitrogens with one attached hydrogen (secondary N) is 1. The number of aromatic amines is 1. The molecule has 2 aliphatic rings. The summed E-state index contributed by atoms with van der Waals surface area (Å²) in [6, 6.07) is 14.9. The lowest BCUT2D eigenvalue weighted by Gasteiger charge is -2.36. The minimum absolute atomic E-state index is 0.0807. The van der Waals surface area contributed by atoms with Crippen LogP contribution >= 0.6 is 0 Å². The Kier molecular flexibility index (Phi) is 4.50. The molecule has 3 aromatic rings. The van der Waals surface area contributed by atoms with Crippen LogP contribution in [0.3, 0.4) is 0 Å². The van der Waals surface area contributed by atoms with Crippen molar-refractivity contribution in [3.8, 4) is 5.75 Å². The molecule has 1 fully saturated rings. The zero-order valence-corrected chi connectivity index (χ0v) is 17.2. The van der Waals surface area contributed by atoms with Gasteiger partial charge in [-0.1, -0.05) is 43.7 Å². The lowest BCUT2D eigenvalue weighted by atomic mass is 9.89. The fourth-order valence-corrected chi connectivity index (χ4v) is 4.78. The van der Waals surface area contributed by atoms with Crippen molar-refractivity contribution in [1.82, 2.24) is 14.8 Å². The molecule has 3 heterocycles. The Morgan fingerprint density at radius 2 is 1.87 bits per heavy atom. The molecular formula is C24H25N3O3. The Morgan fingerprint density at radius 3 is 2.60 bits per heavy atom. The molecule has 5 rings (SSSR count). The summed E-state index contributed by atoms with van der Waals surface area (Å²) >= 11 is 0. The number of benzene rings is 2. The highest BCUT2D eigenvalue weighted by molar-refractivity contribution is 6.05. The first kappa shape index (κ1) is 18.7. The molecule has 3 amide bonds. The molecule has 2 atom stereocenters. The van der Waals surface area contributed by atoms with Gasteiger partial charge in [-0.15, -0.1) is 0 Å². The summed E-state index contributed by atoms with van der Waals surface area (Å²) in [5.41, 5.74) is 4.12.